The number of carbonyl (C=O) groups excluding carboxylic acids is 1. The van der Waals surface area contributed by atoms with Crippen LogP contribution in [0.2, 0.25) is 0 Å². The van der Waals surface area contributed by atoms with Gasteiger partial charge in [-0.2, -0.15) is 0 Å². The smallest absolute Gasteiger partial charge is 0.258 e. The van der Waals surface area contributed by atoms with Crippen LogP contribution in [0.3, 0.4) is 0 Å². The molecule has 9 nitrogen and oxygen atoms in total. The number of carbonyl (C=O) groups is 1. The fourth-order valence-corrected chi connectivity index (χ4v) is 2.24. The van der Waals surface area contributed by atoms with Crippen LogP contribution in [-0.2, 0) is 11.2 Å². The highest BCUT2D eigenvalue weighted by Gasteiger charge is 2.10. The number of ether oxygens (including phenoxy) is 1. The first kappa shape index (κ1) is 16.5. The van der Waals surface area contributed by atoms with Gasteiger partial charge in [-0.15, -0.1) is 5.10 Å². The zero-order valence-electron chi connectivity index (χ0n) is 13.6. The number of nitrogens with one attached hydrogen (secondary N) is 1. The number of aromatic nitrogens is 6. The summed E-state index contributed by atoms with van der Waals surface area (Å²) < 4.78 is 7.02. The number of hydrogen-bond acceptors (Lipinski definition) is 7. The van der Waals surface area contributed by atoms with Gasteiger partial charge in [0.25, 0.3) is 5.91 Å². The van der Waals surface area contributed by atoms with Crippen molar-refractivity contribution in [2.45, 2.75) is 19.4 Å². The second-order valence-corrected chi connectivity index (χ2v) is 5.41. The van der Waals surface area contributed by atoms with E-state index in [1.165, 1.54) is 11.0 Å². The Balaban J connectivity index is 1.45. The molecule has 0 saturated heterocycles. The van der Waals surface area contributed by atoms with Crippen molar-refractivity contribution in [3.63, 3.8) is 0 Å². The van der Waals surface area contributed by atoms with E-state index in [-0.39, 0.29) is 18.6 Å². The van der Waals surface area contributed by atoms with Gasteiger partial charge in [0.15, 0.2) is 6.61 Å². The van der Waals surface area contributed by atoms with Crippen LogP contribution in [0.5, 0.6) is 5.75 Å². The highest BCUT2D eigenvalue weighted by Crippen LogP contribution is 2.14. The molecule has 1 N–H and O–H groups in total. The molecule has 128 valence electrons. The van der Waals surface area contributed by atoms with E-state index in [9.17, 15) is 4.79 Å². The molecule has 3 rings (SSSR count). The van der Waals surface area contributed by atoms with Gasteiger partial charge >= 0.3 is 0 Å². The highest BCUT2D eigenvalue weighted by atomic mass is 16.5. The van der Waals surface area contributed by atoms with Gasteiger partial charge in [-0.3, -0.25) is 14.8 Å². The summed E-state index contributed by atoms with van der Waals surface area (Å²) in [6, 6.07) is 7.07. The van der Waals surface area contributed by atoms with Crippen LogP contribution in [0, 0.1) is 0 Å². The molecule has 0 fully saturated rings. The van der Waals surface area contributed by atoms with E-state index in [4.69, 9.17) is 4.74 Å². The van der Waals surface area contributed by atoms with E-state index in [1.807, 2.05) is 6.92 Å². The maximum Gasteiger partial charge on any atom is 0.258 e. The van der Waals surface area contributed by atoms with Crippen molar-refractivity contribution in [2.24, 2.45) is 0 Å². The van der Waals surface area contributed by atoms with Crippen LogP contribution < -0.4 is 10.1 Å². The van der Waals surface area contributed by atoms with E-state index in [0.717, 1.165) is 11.4 Å². The number of hydrogen-bond donors (Lipinski definition) is 1. The zero-order valence-corrected chi connectivity index (χ0v) is 13.6. The van der Waals surface area contributed by atoms with Crippen LogP contribution in [-0.4, -0.2) is 48.7 Å². The second-order valence-electron chi connectivity index (χ2n) is 5.41. The minimum Gasteiger partial charge on any atom is -0.484 e. The van der Waals surface area contributed by atoms with E-state index in [1.54, 1.807) is 42.9 Å². The largest absolute Gasteiger partial charge is 0.484 e. The second kappa shape index (κ2) is 7.95. The summed E-state index contributed by atoms with van der Waals surface area (Å²) in [6.45, 7) is 1.85. The van der Waals surface area contributed by atoms with Gasteiger partial charge in [-0.05, 0) is 41.6 Å². The molecule has 3 aromatic rings. The summed E-state index contributed by atoms with van der Waals surface area (Å²) >= 11 is 0. The normalized spacial score (nSPS) is 11.7. The highest BCUT2D eigenvalue weighted by molar-refractivity contribution is 5.77. The average Bonchev–Trinajstić information content (AvgIpc) is 3.16. The molecule has 0 unspecified atom stereocenters. The third-order valence-corrected chi connectivity index (χ3v) is 3.36. The van der Waals surface area contributed by atoms with Gasteiger partial charge in [0.05, 0.1) is 11.4 Å². The Bertz CT molecular complexity index is 791. The molecule has 9 heteroatoms. The van der Waals surface area contributed by atoms with Crippen molar-refractivity contribution < 1.29 is 9.53 Å². The summed E-state index contributed by atoms with van der Waals surface area (Å²) in [5.74, 6) is 0.398. The van der Waals surface area contributed by atoms with Crippen molar-refractivity contribution in [3.8, 4) is 11.4 Å². The molecule has 0 spiro atoms. The Hall–Kier alpha value is -3.36. The third-order valence-electron chi connectivity index (χ3n) is 3.36. The minimum absolute atomic E-state index is 0.0602. The van der Waals surface area contributed by atoms with Crippen LogP contribution >= 0.6 is 0 Å². The lowest BCUT2D eigenvalue weighted by molar-refractivity contribution is -0.123. The van der Waals surface area contributed by atoms with Crippen molar-refractivity contribution in [3.05, 3.63) is 54.9 Å². The van der Waals surface area contributed by atoms with Crippen molar-refractivity contribution >= 4 is 5.91 Å². The predicted octanol–water partition coefficient (Wildman–Crippen LogP) is 0.578. The maximum absolute atomic E-state index is 12.0. The number of nitrogens with zero attached hydrogens (tertiary/aromatic N) is 6. The molecule has 1 amide bonds. The minimum atomic E-state index is -0.194. The van der Waals surface area contributed by atoms with Gasteiger partial charge in [0, 0.05) is 31.1 Å². The molecule has 25 heavy (non-hydrogen) atoms. The average molecular weight is 339 g/mol. The quantitative estimate of drug-likeness (QED) is 0.671. The van der Waals surface area contributed by atoms with Crippen LogP contribution in [0.4, 0.5) is 0 Å². The Morgan fingerprint density at radius 3 is 2.80 bits per heavy atom. The first-order valence-electron chi connectivity index (χ1n) is 7.71. The van der Waals surface area contributed by atoms with Gasteiger partial charge < -0.3 is 10.1 Å². The predicted molar refractivity (Wildman–Crippen MR) is 88.0 cm³/mol. The topological polar surface area (TPSA) is 108 Å². The van der Waals surface area contributed by atoms with E-state index in [2.05, 4.69) is 30.8 Å². The molecule has 0 radical (unpaired) electrons. The van der Waals surface area contributed by atoms with Crippen molar-refractivity contribution in [1.82, 2.24) is 35.5 Å². The van der Waals surface area contributed by atoms with Crippen LogP contribution in [0.25, 0.3) is 5.69 Å². The number of amides is 1. The lowest BCUT2D eigenvalue weighted by Gasteiger charge is -2.14. The Morgan fingerprint density at radius 2 is 2.12 bits per heavy atom. The molecular weight excluding hydrogens is 322 g/mol. The maximum atomic E-state index is 12.0. The monoisotopic (exact) mass is 339 g/mol. The fraction of sp³-hybridized carbons (Fsp3) is 0.250. The first-order chi connectivity index (χ1) is 12.2. The SMILES string of the molecule is C[C@H](Cc1cnccn1)NC(=O)COc1ccc(-n2cnnn2)cc1. The van der Waals surface area contributed by atoms with Gasteiger partial charge in [0.2, 0.25) is 0 Å². The van der Waals surface area contributed by atoms with E-state index < -0.39 is 0 Å². The third kappa shape index (κ3) is 4.80. The molecule has 0 aliphatic heterocycles. The molecule has 1 aromatic carbocycles. The molecule has 0 saturated carbocycles. The van der Waals surface area contributed by atoms with E-state index in [0.29, 0.717) is 12.2 Å². The molecule has 0 aliphatic carbocycles. The lowest BCUT2D eigenvalue weighted by Crippen LogP contribution is -2.37. The summed E-state index contributed by atoms with van der Waals surface area (Å²) in [6.07, 6.45) is 7.05. The zero-order chi connectivity index (χ0) is 17.5. The Labute approximate surface area is 144 Å². The molecule has 2 aromatic heterocycles. The number of benzene rings is 1. The molecule has 0 bridgehead atoms. The van der Waals surface area contributed by atoms with Crippen LogP contribution in [0.1, 0.15) is 12.6 Å². The number of tetrazole rings is 1. The van der Waals surface area contributed by atoms with Crippen molar-refractivity contribution in [1.29, 1.82) is 0 Å². The van der Waals surface area contributed by atoms with Gasteiger partial charge in [0.1, 0.15) is 12.1 Å². The molecule has 2 heterocycles. The number of rotatable bonds is 7. The van der Waals surface area contributed by atoms with Crippen molar-refractivity contribution in [2.75, 3.05) is 6.61 Å². The molecule has 1 atom stereocenters. The summed E-state index contributed by atoms with van der Waals surface area (Å²) in [5.41, 5.74) is 1.63. The summed E-state index contributed by atoms with van der Waals surface area (Å²) in [5, 5.41) is 13.8. The van der Waals surface area contributed by atoms with Gasteiger partial charge in [-0.1, -0.05) is 0 Å². The van der Waals surface area contributed by atoms with Crippen LogP contribution in [0.15, 0.2) is 49.2 Å². The molecule has 0 aliphatic rings. The Morgan fingerprint density at radius 1 is 1.28 bits per heavy atom. The van der Waals surface area contributed by atoms with E-state index >= 15 is 0 Å². The van der Waals surface area contributed by atoms with Gasteiger partial charge in [-0.25, -0.2) is 4.68 Å². The Kier molecular flexibility index (Phi) is 5.25. The summed E-state index contributed by atoms with van der Waals surface area (Å²) in [7, 11) is 0. The standard InChI is InChI=1S/C16H17N7O2/c1-12(8-13-9-17-6-7-18-13)20-16(24)10-25-15-4-2-14(3-5-15)23-11-19-21-22-23/h2-7,9,11-12H,8,10H2,1H3,(H,20,24)/t12-/m1/s1. The lowest BCUT2D eigenvalue weighted by atomic mass is 10.2. The fourth-order valence-electron chi connectivity index (χ4n) is 2.24. The summed E-state index contributed by atoms with van der Waals surface area (Å²) in [4.78, 5) is 20.2. The first-order valence-corrected chi connectivity index (χ1v) is 7.71. The molecular formula is C16H17N7O2.